The molecule has 0 saturated carbocycles. The predicted octanol–water partition coefficient (Wildman–Crippen LogP) is 5.82. The van der Waals surface area contributed by atoms with Crippen molar-refractivity contribution in [1.82, 2.24) is 10.2 Å². The van der Waals surface area contributed by atoms with E-state index in [-0.39, 0.29) is 5.91 Å². The van der Waals surface area contributed by atoms with E-state index in [0.29, 0.717) is 16.2 Å². The number of benzene rings is 3. The van der Waals surface area contributed by atoms with Crippen LogP contribution in [0.1, 0.15) is 29.0 Å². The molecule has 0 bridgehead atoms. The van der Waals surface area contributed by atoms with Crippen LogP contribution >= 0.6 is 11.3 Å². The number of amides is 1. The van der Waals surface area contributed by atoms with Gasteiger partial charge in [-0.3, -0.25) is 10.1 Å². The van der Waals surface area contributed by atoms with Gasteiger partial charge in [0.1, 0.15) is 0 Å². The molecule has 160 valence electrons. The van der Waals surface area contributed by atoms with Gasteiger partial charge in [-0.05, 0) is 29.2 Å². The first-order valence-electron chi connectivity index (χ1n) is 10.5. The first-order chi connectivity index (χ1) is 15.8. The van der Waals surface area contributed by atoms with Crippen LogP contribution in [0.4, 0.5) is 10.3 Å². The fourth-order valence-electron chi connectivity index (χ4n) is 3.45. The molecule has 0 fully saturated rings. The highest BCUT2D eigenvalue weighted by Crippen LogP contribution is 2.28. The fraction of sp³-hybridized carbons (Fsp3) is 0.115. The second-order valence-corrected chi connectivity index (χ2v) is 8.21. The molecule has 4 rings (SSSR count). The van der Waals surface area contributed by atoms with Crippen molar-refractivity contribution in [2.24, 2.45) is 0 Å². The zero-order chi connectivity index (χ0) is 22.0. The highest BCUT2D eigenvalue weighted by atomic mass is 32.1. The molecule has 0 unspecified atom stereocenters. The van der Waals surface area contributed by atoms with Gasteiger partial charge < -0.3 is 5.32 Å². The van der Waals surface area contributed by atoms with E-state index in [2.05, 4.69) is 69.4 Å². The highest BCUT2D eigenvalue weighted by Gasteiger charge is 2.14. The maximum Gasteiger partial charge on any atom is 0.250 e. The minimum atomic E-state index is -0.232. The van der Waals surface area contributed by atoms with Crippen LogP contribution in [0, 0.1) is 0 Å². The number of carbonyl (C=O) groups is 1. The topological polar surface area (TPSA) is 66.9 Å². The summed E-state index contributed by atoms with van der Waals surface area (Å²) in [6.45, 7) is 0.741. The van der Waals surface area contributed by atoms with Gasteiger partial charge in [0.05, 0.1) is 0 Å². The molecule has 4 aromatic rings. The quantitative estimate of drug-likeness (QED) is 0.322. The van der Waals surface area contributed by atoms with Gasteiger partial charge >= 0.3 is 0 Å². The van der Waals surface area contributed by atoms with Crippen molar-refractivity contribution in [3.63, 3.8) is 0 Å². The summed E-state index contributed by atoms with van der Waals surface area (Å²) in [5.74, 6) is 0.0601. The van der Waals surface area contributed by atoms with Crippen molar-refractivity contribution in [3.8, 4) is 0 Å². The van der Waals surface area contributed by atoms with Crippen LogP contribution in [0.5, 0.6) is 0 Å². The Balaban J connectivity index is 1.32. The zero-order valence-electron chi connectivity index (χ0n) is 17.5. The van der Waals surface area contributed by atoms with Gasteiger partial charge in [-0.1, -0.05) is 102 Å². The van der Waals surface area contributed by atoms with E-state index >= 15 is 0 Å². The lowest BCUT2D eigenvalue weighted by Gasteiger charge is -2.18. The highest BCUT2D eigenvalue weighted by molar-refractivity contribution is 7.19. The van der Waals surface area contributed by atoms with E-state index in [1.807, 2.05) is 42.5 Å². The molecule has 3 aromatic carbocycles. The third kappa shape index (κ3) is 6.12. The first kappa shape index (κ1) is 21.5. The van der Waals surface area contributed by atoms with E-state index in [4.69, 9.17) is 0 Å². The van der Waals surface area contributed by atoms with Gasteiger partial charge in [-0.25, -0.2) is 0 Å². The molecule has 1 amide bonds. The van der Waals surface area contributed by atoms with Crippen molar-refractivity contribution in [3.05, 3.63) is 114 Å². The van der Waals surface area contributed by atoms with E-state index in [9.17, 15) is 4.79 Å². The lowest BCUT2D eigenvalue weighted by atomic mass is 9.88. The summed E-state index contributed by atoms with van der Waals surface area (Å²) in [5, 5.41) is 15.5. The molecular formula is C26H24N4OS. The maximum absolute atomic E-state index is 12.1. The minimum Gasteiger partial charge on any atom is -0.360 e. The van der Waals surface area contributed by atoms with Gasteiger partial charge in [-0.15, -0.1) is 10.2 Å². The lowest BCUT2D eigenvalue weighted by molar-refractivity contribution is -0.111. The summed E-state index contributed by atoms with van der Waals surface area (Å²) in [6, 6.07) is 30.7. The number of carbonyl (C=O) groups excluding carboxylic acids is 1. The van der Waals surface area contributed by atoms with E-state index < -0.39 is 0 Å². The van der Waals surface area contributed by atoms with Crippen LogP contribution in [0.25, 0.3) is 6.08 Å². The van der Waals surface area contributed by atoms with Crippen LogP contribution < -0.4 is 10.6 Å². The SMILES string of the molecule is O=C(/C=C/c1ccccc1)Nc1nnc(NCCC(c2ccccc2)c2ccccc2)s1. The molecule has 0 aliphatic carbocycles. The Bertz CT molecular complexity index is 1100. The van der Waals surface area contributed by atoms with Crippen LogP contribution in [0.15, 0.2) is 97.1 Å². The summed E-state index contributed by atoms with van der Waals surface area (Å²) in [6.07, 6.45) is 4.17. The zero-order valence-corrected chi connectivity index (χ0v) is 18.3. The fourth-order valence-corrected chi connectivity index (χ4v) is 4.12. The molecule has 1 aromatic heterocycles. The van der Waals surface area contributed by atoms with E-state index in [1.54, 1.807) is 6.08 Å². The average molecular weight is 441 g/mol. The second kappa shape index (κ2) is 11.0. The van der Waals surface area contributed by atoms with Crippen molar-refractivity contribution >= 4 is 33.6 Å². The Morgan fingerprint density at radius 1 is 0.812 bits per heavy atom. The molecular weight excluding hydrogens is 416 g/mol. The number of nitrogens with one attached hydrogen (secondary N) is 2. The molecule has 0 aliphatic rings. The first-order valence-corrected chi connectivity index (χ1v) is 11.3. The monoisotopic (exact) mass is 440 g/mol. The summed E-state index contributed by atoms with van der Waals surface area (Å²) < 4.78 is 0. The number of aromatic nitrogens is 2. The van der Waals surface area contributed by atoms with Crippen molar-refractivity contribution < 1.29 is 4.79 Å². The van der Waals surface area contributed by atoms with Crippen LogP contribution in [0.2, 0.25) is 0 Å². The molecule has 5 nitrogen and oxygen atoms in total. The molecule has 2 N–H and O–H groups in total. The standard InChI is InChI=1S/C26H24N4OS/c31-24(17-16-20-10-4-1-5-11-20)28-26-30-29-25(32-26)27-19-18-23(21-12-6-2-7-13-21)22-14-8-3-9-15-22/h1-17,23H,18-19H2,(H,27,29)(H,28,30,31)/b17-16+. The van der Waals surface area contributed by atoms with E-state index in [0.717, 1.165) is 18.5 Å². The van der Waals surface area contributed by atoms with Gasteiger partial charge in [0.15, 0.2) is 0 Å². The summed E-state index contributed by atoms with van der Waals surface area (Å²) in [5.41, 5.74) is 3.54. The number of hydrogen-bond donors (Lipinski definition) is 2. The van der Waals surface area contributed by atoms with Crippen molar-refractivity contribution in [2.45, 2.75) is 12.3 Å². The van der Waals surface area contributed by atoms with Gasteiger partial charge in [-0.2, -0.15) is 0 Å². The number of nitrogens with zero attached hydrogens (tertiary/aromatic N) is 2. The van der Waals surface area contributed by atoms with Crippen LogP contribution in [-0.4, -0.2) is 22.6 Å². The molecule has 6 heteroatoms. The smallest absolute Gasteiger partial charge is 0.250 e. The minimum absolute atomic E-state index is 0.232. The Hall–Kier alpha value is -3.77. The summed E-state index contributed by atoms with van der Waals surface area (Å²) in [4.78, 5) is 12.1. The molecule has 0 saturated heterocycles. The Labute approximate surface area is 191 Å². The Morgan fingerprint density at radius 2 is 1.38 bits per heavy atom. The van der Waals surface area contributed by atoms with Gasteiger partial charge in [0.2, 0.25) is 16.2 Å². The molecule has 0 atom stereocenters. The van der Waals surface area contributed by atoms with E-state index in [1.165, 1.54) is 28.5 Å². The van der Waals surface area contributed by atoms with Gasteiger partial charge in [0.25, 0.3) is 0 Å². The number of rotatable bonds is 9. The molecule has 0 aliphatic heterocycles. The van der Waals surface area contributed by atoms with Crippen LogP contribution in [0.3, 0.4) is 0 Å². The molecule has 1 heterocycles. The normalized spacial score (nSPS) is 11.0. The van der Waals surface area contributed by atoms with Crippen molar-refractivity contribution in [1.29, 1.82) is 0 Å². The largest absolute Gasteiger partial charge is 0.360 e. The second-order valence-electron chi connectivity index (χ2n) is 7.24. The predicted molar refractivity (Wildman–Crippen MR) is 132 cm³/mol. The van der Waals surface area contributed by atoms with Gasteiger partial charge in [0, 0.05) is 18.5 Å². The average Bonchev–Trinajstić information content (AvgIpc) is 3.29. The Kier molecular flexibility index (Phi) is 7.39. The maximum atomic E-state index is 12.1. The lowest BCUT2D eigenvalue weighted by Crippen LogP contribution is -2.09. The Morgan fingerprint density at radius 3 is 2.00 bits per heavy atom. The number of hydrogen-bond acceptors (Lipinski definition) is 5. The third-order valence-corrected chi connectivity index (χ3v) is 5.79. The summed E-state index contributed by atoms with van der Waals surface area (Å²) in [7, 11) is 0. The van der Waals surface area contributed by atoms with Crippen molar-refractivity contribution in [2.75, 3.05) is 17.2 Å². The third-order valence-electron chi connectivity index (χ3n) is 4.99. The molecule has 0 radical (unpaired) electrons. The molecule has 0 spiro atoms. The summed E-state index contributed by atoms with van der Waals surface area (Å²) >= 11 is 1.33. The molecule has 32 heavy (non-hydrogen) atoms. The number of anilines is 2. The van der Waals surface area contributed by atoms with Crippen LogP contribution in [-0.2, 0) is 4.79 Å².